The molecule has 0 aliphatic carbocycles. The Hall–Kier alpha value is -1.75. The minimum absolute atomic E-state index is 0.0512. The maximum atomic E-state index is 12.1. The molecule has 1 aromatic carbocycles. The number of nitrogens with zero attached hydrogens (tertiary/aromatic N) is 2. The predicted octanol–water partition coefficient (Wildman–Crippen LogP) is 2.36. The van der Waals surface area contributed by atoms with Gasteiger partial charge in [-0.1, -0.05) is 17.7 Å². The lowest BCUT2D eigenvalue weighted by molar-refractivity contribution is -0.136. The highest BCUT2D eigenvalue weighted by Gasteiger charge is 2.21. The molecule has 5 nitrogen and oxygen atoms in total. The van der Waals surface area contributed by atoms with Gasteiger partial charge in [-0.05, 0) is 25.0 Å². The number of hydrogen-bond donors (Lipinski definition) is 1. The fourth-order valence-corrected chi connectivity index (χ4v) is 2.81. The molecular formula is C15H20ClN3O2. The molecule has 0 saturated carbocycles. The minimum atomic E-state index is -0.199. The quantitative estimate of drug-likeness (QED) is 0.929. The van der Waals surface area contributed by atoms with Gasteiger partial charge in [-0.15, -0.1) is 0 Å². The van der Waals surface area contributed by atoms with Crippen molar-refractivity contribution in [3.05, 3.63) is 23.2 Å². The monoisotopic (exact) mass is 309 g/mol. The van der Waals surface area contributed by atoms with Crippen molar-refractivity contribution >= 4 is 34.8 Å². The molecule has 1 heterocycles. The van der Waals surface area contributed by atoms with Crippen molar-refractivity contribution in [2.24, 2.45) is 0 Å². The largest absolute Gasteiger partial charge is 0.375 e. The molecule has 21 heavy (non-hydrogen) atoms. The smallest absolute Gasteiger partial charge is 0.244 e. The highest BCUT2D eigenvalue weighted by molar-refractivity contribution is 6.34. The first-order valence-electron chi connectivity index (χ1n) is 7.02. The third kappa shape index (κ3) is 3.88. The Morgan fingerprint density at radius 3 is 2.81 bits per heavy atom. The van der Waals surface area contributed by atoms with E-state index >= 15 is 0 Å². The van der Waals surface area contributed by atoms with Crippen LogP contribution in [0.5, 0.6) is 0 Å². The van der Waals surface area contributed by atoms with Crippen molar-refractivity contribution in [3.8, 4) is 0 Å². The Morgan fingerprint density at radius 2 is 2.14 bits per heavy atom. The van der Waals surface area contributed by atoms with E-state index in [2.05, 4.69) is 5.32 Å². The second kappa shape index (κ2) is 6.80. The van der Waals surface area contributed by atoms with E-state index in [0.29, 0.717) is 23.7 Å². The summed E-state index contributed by atoms with van der Waals surface area (Å²) in [6.45, 7) is 0.751. The van der Waals surface area contributed by atoms with Crippen LogP contribution in [-0.4, -0.2) is 43.9 Å². The van der Waals surface area contributed by atoms with Gasteiger partial charge in [-0.2, -0.15) is 0 Å². The van der Waals surface area contributed by atoms with Crippen molar-refractivity contribution in [3.63, 3.8) is 0 Å². The Labute approximate surface area is 129 Å². The number of nitrogens with one attached hydrogen (secondary N) is 1. The van der Waals surface area contributed by atoms with Crippen molar-refractivity contribution in [1.82, 2.24) is 4.90 Å². The molecule has 2 rings (SSSR count). The van der Waals surface area contributed by atoms with Crippen LogP contribution in [0.15, 0.2) is 18.2 Å². The van der Waals surface area contributed by atoms with E-state index in [1.54, 1.807) is 23.1 Å². The van der Waals surface area contributed by atoms with Gasteiger partial charge in [0.1, 0.15) is 0 Å². The summed E-state index contributed by atoms with van der Waals surface area (Å²) in [5, 5.41) is 3.42. The molecule has 1 fully saturated rings. The van der Waals surface area contributed by atoms with Crippen molar-refractivity contribution in [2.75, 3.05) is 37.4 Å². The van der Waals surface area contributed by atoms with E-state index in [9.17, 15) is 9.59 Å². The van der Waals surface area contributed by atoms with Crippen LogP contribution in [0.1, 0.15) is 19.3 Å². The molecule has 0 spiro atoms. The number of anilines is 2. The SMILES string of the molecule is CN(C)c1c(Cl)cccc1NC(=O)CN1CCCCC1=O. The van der Waals surface area contributed by atoms with Crippen LogP contribution in [0.25, 0.3) is 0 Å². The van der Waals surface area contributed by atoms with Gasteiger partial charge >= 0.3 is 0 Å². The molecule has 1 saturated heterocycles. The number of carbonyl (C=O) groups excluding carboxylic acids is 2. The highest BCUT2D eigenvalue weighted by atomic mass is 35.5. The molecule has 0 bridgehead atoms. The number of para-hydroxylation sites is 1. The lowest BCUT2D eigenvalue weighted by Crippen LogP contribution is -2.40. The van der Waals surface area contributed by atoms with Gasteiger partial charge in [-0.25, -0.2) is 0 Å². The Bertz CT molecular complexity index is 546. The first-order chi connectivity index (χ1) is 9.99. The number of piperidine rings is 1. The number of rotatable bonds is 4. The fraction of sp³-hybridized carbons (Fsp3) is 0.467. The lowest BCUT2D eigenvalue weighted by Gasteiger charge is -2.26. The number of benzene rings is 1. The van der Waals surface area contributed by atoms with E-state index in [0.717, 1.165) is 18.5 Å². The van der Waals surface area contributed by atoms with Crippen LogP contribution < -0.4 is 10.2 Å². The van der Waals surface area contributed by atoms with Crippen LogP contribution >= 0.6 is 11.6 Å². The highest BCUT2D eigenvalue weighted by Crippen LogP contribution is 2.32. The molecule has 0 atom stereocenters. The summed E-state index contributed by atoms with van der Waals surface area (Å²) in [7, 11) is 3.73. The van der Waals surface area contributed by atoms with E-state index in [4.69, 9.17) is 11.6 Å². The molecule has 0 aromatic heterocycles. The molecule has 1 aromatic rings. The number of carbonyl (C=O) groups is 2. The molecule has 6 heteroatoms. The summed E-state index contributed by atoms with van der Waals surface area (Å²) in [5.41, 5.74) is 1.42. The van der Waals surface area contributed by atoms with E-state index in [1.807, 2.05) is 19.0 Å². The fourth-order valence-electron chi connectivity index (χ4n) is 2.46. The maximum absolute atomic E-state index is 12.1. The van der Waals surface area contributed by atoms with Gasteiger partial charge in [0.05, 0.1) is 22.9 Å². The van der Waals surface area contributed by atoms with Gasteiger partial charge in [0.25, 0.3) is 0 Å². The number of halogens is 1. The van der Waals surface area contributed by atoms with Gasteiger partial charge < -0.3 is 15.1 Å². The third-order valence-corrected chi connectivity index (χ3v) is 3.77. The molecule has 2 amide bonds. The number of amides is 2. The van der Waals surface area contributed by atoms with Crippen molar-refractivity contribution in [1.29, 1.82) is 0 Å². The minimum Gasteiger partial charge on any atom is -0.375 e. The zero-order valence-electron chi connectivity index (χ0n) is 12.4. The molecule has 114 valence electrons. The summed E-state index contributed by atoms with van der Waals surface area (Å²) in [6, 6.07) is 5.37. The summed E-state index contributed by atoms with van der Waals surface area (Å²) in [4.78, 5) is 27.3. The van der Waals surface area contributed by atoms with Gasteiger partial charge in [0, 0.05) is 27.1 Å². The van der Waals surface area contributed by atoms with E-state index in [-0.39, 0.29) is 18.4 Å². The molecule has 1 aliphatic rings. The van der Waals surface area contributed by atoms with Crippen LogP contribution in [-0.2, 0) is 9.59 Å². The molecule has 1 aliphatic heterocycles. The maximum Gasteiger partial charge on any atom is 0.244 e. The summed E-state index contributed by atoms with van der Waals surface area (Å²) in [5.74, 6) is -0.147. The van der Waals surface area contributed by atoms with Gasteiger partial charge in [0.2, 0.25) is 11.8 Å². The Morgan fingerprint density at radius 1 is 1.38 bits per heavy atom. The van der Waals surface area contributed by atoms with E-state index < -0.39 is 0 Å². The third-order valence-electron chi connectivity index (χ3n) is 3.46. The average molecular weight is 310 g/mol. The van der Waals surface area contributed by atoms with Crippen LogP contribution in [0.3, 0.4) is 0 Å². The molecule has 0 radical (unpaired) electrons. The molecule has 0 unspecified atom stereocenters. The Kier molecular flexibility index (Phi) is 5.07. The average Bonchev–Trinajstić information content (AvgIpc) is 2.41. The summed E-state index contributed by atoms with van der Waals surface area (Å²) < 4.78 is 0. The van der Waals surface area contributed by atoms with Crippen molar-refractivity contribution in [2.45, 2.75) is 19.3 Å². The molecule has 1 N–H and O–H groups in total. The summed E-state index contributed by atoms with van der Waals surface area (Å²) >= 11 is 6.17. The second-order valence-electron chi connectivity index (χ2n) is 5.35. The topological polar surface area (TPSA) is 52.7 Å². The van der Waals surface area contributed by atoms with Crippen LogP contribution in [0, 0.1) is 0 Å². The van der Waals surface area contributed by atoms with Gasteiger partial charge in [-0.3, -0.25) is 9.59 Å². The standard InChI is InChI=1S/C15H20ClN3O2/c1-18(2)15-11(16)6-5-7-12(15)17-13(20)10-19-9-4-3-8-14(19)21/h5-7H,3-4,8-10H2,1-2H3,(H,17,20). The van der Waals surface area contributed by atoms with Gasteiger partial charge in [0.15, 0.2) is 0 Å². The van der Waals surface area contributed by atoms with E-state index in [1.165, 1.54) is 0 Å². The number of hydrogen-bond acceptors (Lipinski definition) is 3. The van der Waals surface area contributed by atoms with Crippen molar-refractivity contribution < 1.29 is 9.59 Å². The van der Waals surface area contributed by atoms with Crippen LogP contribution in [0.4, 0.5) is 11.4 Å². The van der Waals surface area contributed by atoms with Crippen LogP contribution in [0.2, 0.25) is 5.02 Å². The zero-order valence-corrected chi connectivity index (χ0v) is 13.1. The first kappa shape index (κ1) is 15.6. The first-order valence-corrected chi connectivity index (χ1v) is 7.40. The second-order valence-corrected chi connectivity index (χ2v) is 5.76. The lowest BCUT2D eigenvalue weighted by atomic mass is 10.1. The predicted molar refractivity (Wildman–Crippen MR) is 84.8 cm³/mol. The Balaban J connectivity index is 2.06. The summed E-state index contributed by atoms with van der Waals surface area (Å²) in [6.07, 6.45) is 2.41. The zero-order chi connectivity index (χ0) is 15.4. The number of likely N-dealkylation sites (tertiary alicyclic amines) is 1. The molecular weight excluding hydrogens is 290 g/mol. The normalized spacial score (nSPS) is 15.0.